The average Bonchev–Trinajstić information content (AvgIpc) is 3.27. The van der Waals surface area contributed by atoms with Crippen LogP contribution in [0.5, 0.6) is 5.75 Å². The highest BCUT2D eigenvalue weighted by atomic mass is 32.2. The molecule has 3 atom stereocenters. The highest BCUT2D eigenvalue weighted by Crippen LogP contribution is 2.49. The Balaban J connectivity index is 1.77. The minimum Gasteiger partial charge on any atom is -0.495 e. The van der Waals surface area contributed by atoms with Crippen LogP contribution in [0.1, 0.15) is 81.6 Å². The lowest BCUT2D eigenvalue weighted by Crippen LogP contribution is -2.56. The van der Waals surface area contributed by atoms with Gasteiger partial charge in [-0.25, -0.2) is 17.9 Å². The monoisotopic (exact) mass is 571 g/mol. The topological polar surface area (TPSA) is 107 Å². The molecule has 3 heterocycles. The maximum absolute atomic E-state index is 15.6. The highest BCUT2D eigenvalue weighted by molar-refractivity contribution is 7.96. The Bertz CT molecular complexity index is 1520. The van der Waals surface area contributed by atoms with Gasteiger partial charge in [0.05, 0.1) is 39.5 Å². The fourth-order valence-electron chi connectivity index (χ4n) is 5.61. The van der Waals surface area contributed by atoms with Gasteiger partial charge in [0.15, 0.2) is 5.78 Å². The van der Waals surface area contributed by atoms with Gasteiger partial charge in [-0.05, 0) is 84.2 Å². The molecule has 0 saturated heterocycles. The minimum atomic E-state index is -2.95. The number of nitrogens with zero attached hydrogens (tertiary/aromatic N) is 3. The SMILES string of the molecule is COc1cnc(C(=O)Cc2ccc(F)c([C@@]3(C)N=C(CC(=O)OC(C)(C)C)C(C)(C)[S@@]4(=O)=NCC[C@@H]34)c2)c(C)c1. The second kappa shape index (κ2) is 10.4. The molecule has 0 N–H and O–H groups in total. The number of aliphatic imine (C=N–C) groups is 1. The minimum absolute atomic E-state index is 0.00603. The fourth-order valence-corrected chi connectivity index (χ4v) is 8.89. The molecule has 10 heteroatoms. The van der Waals surface area contributed by atoms with E-state index in [1.807, 2.05) is 0 Å². The fraction of sp³-hybridized carbons (Fsp3) is 0.533. The van der Waals surface area contributed by atoms with Gasteiger partial charge >= 0.3 is 5.97 Å². The van der Waals surface area contributed by atoms with Gasteiger partial charge in [0.25, 0.3) is 0 Å². The van der Waals surface area contributed by atoms with E-state index in [2.05, 4.69) is 9.35 Å². The van der Waals surface area contributed by atoms with Crippen molar-refractivity contribution in [3.05, 3.63) is 58.7 Å². The first-order valence-corrected chi connectivity index (χ1v) is 14.9. The summed E-state index contributed by atoms with van der Waals surface area (Å²) < 4.78 is 44.4. The van der Waals surface area contributed by atoms with E-state index in [1.165, 1.54) is 19.4 Å². The number of esters is 1. The van der Waals surface area contributed by atoms with Crippen LogP contribution in [-0.2, 0) is 31.2 Å². The molecule has 4 rings (SSSR count). The summed E-state index contributed by atoms with van der Waals surface area (Å²) >= 11 is 0. The summed E-state index contributed by atoms with van der Waals surface area (Å²) in [6, 6.07) is 6.24. The third-order valence-corrected chi connectivity index (χ3v) is 11.4. The predicted octanol–water partition coefficient (Wildman–Crippen LogP) is 5.38. The van der Waals surface area contributed by atoms with Crippen LogP contribution in [0.2, 0.25) is 0 Å². The van der Waals surface area contributed by atoms with Crippen LogP contribution in [-0.4, -0.2) is 55.9 Å². The summed E-state index contributed by atoms with van der Waals surface area (Å²) in [4.78, 5) is 35.3. The van der Waals surface area contributed by atoms with E-state index < -0.39 is 42.7 Å². The molecule has 0 radical (unpaired) electrons. The zero-order valence-electron chi connectivity index (χ0n) is 24.5. The molecule has 8 nitrogen and oxygen atoms in total. The number of hydrogen-bond acceptors (Lipinski definition) is 8. The summed E-state index contributed by atoms with van der Waals surface area (Å²) in [6.45, 7) is 12.8. The number of carbonyl (C=O) groups is 2. The van der Waals surface area contributed by atoms with Crippen molar-refractivity contribution in [2.75, 3.05) is 13.7 Å². The lowest BCUT2D eigenvalue weighted by atomic mass is 9.84. The van der Waals surface area contributed by atoms with E-state index in [4.69, 9.17) is 14.5 Å². The zero-order chi connectivity index (χ0) is 29.7. The van der Waals surface area contributed by atoms with E-state index in [0.29, 0.717) is 41.2 Å². The normalized spacial score (nSPS) is 25.4. The van der Waals surface area contributed by atoms with Crippen LogP contribution in [0.15, 0.2) is 39.8 Å². The molecule has 0 unspecified atom stereocenters. The van der Waals surface area contributed by atoms with Gasteiger partial charge in [0.2, 0.25) is 0 Å². The predicted molar refractivity (Wildman–Crippen MR) is 153 cm³/mol. The Morgan fingerprint density at radius 1 is 1.15 bits per heavy atom. The van der Waals surface area contributed by atoms with Crippen LogP contribution in [0, 0.1) is 12.7 Å². The second-order valence-corrected chi connectivity index (χ2v) is 15.1. The van der Waals surface area contributed by atoms with Crippen molar-refractivity contribution in [2.24, 2.45) is 9.36 Å². The molecule has 0 bridgehead atoms. The molecule has 0 fully saturated rings. The maximum Gasteiger partial charge on any atom is 0.312 e. The van der Waals surface area contributed by atoms with E-state index in [0.717, 1.165) is 0 Å². The molecule has 0 spiro atoms. The van der Waals surface area contributed by atoms with Crippen LogP contribution in [0.3, 0.4) is 0 Å². The van der Waals surface area contributed by atoms with Crippen molar-refractivity contribution >= 4 is 27.2 Å². The molecule has 2 aliphatic rings. The smallest absolute Gasteiger partial charge is 0.312 e. The number of pyridine rings is 1. The lowest BCUT2D eigenvalue weighted by Gasteiger charge is -2.46. The van der Waals surface area contributed by atoms with Crippen molar-refractivity contribution < 1.29 is 27.7 Å². The molecule has 0 saturated carbocycles. The Labute approximate surface area is 236 Å². The van der Waals surface area contributed by atoms with Crippen molar-refractivity contribution in [1.82, 2.24) is 4.98 Å². The molecule has 1 aromatic carbocycles. The number of ketones is 1. The van der Waals surface area contributed by atoms with E-state index in [9.17, 15) is 13.8 Å². The first-order valence-electron chi connectivity index (χ1n) is 13.4. The zero-order valence-corrected chi connectivity index (χ0v) is 25.3. The van der Waals surface area contributed by atoms with E-state index in [1.54, 1.807) is 66.7 Å². The Kier molecular flexibility index (Phi) is 7.73. The van der Waals surface area contributed by atoms with Gasteiger partial charge in [-0.15, -0.1) is 0 Å². The van der Waals surface area contributed by atoms with Gasteiger partial charge in [-0.2, -0.15) is 0 Å². The average molecular weight is 572 g/mol. The molecule has 0 aliphatic carbocycles. The Hall–Kier alpha value is -3.14. The van der Waals surface area contributed by atoms with E-state index >= 15 is 4.39 Å². The number of benzene rings is 1. The summed E-state index contributed by atoms with van der Waals surface area (Å²) in [5.74, 6) is -0.687. The molecule has 2 aromatic rings. The molecule has 40 heavy (non-hydrogen) atoms. The first-order chi connectivity index (χ1) is 18.5. The summed E-state index contributed by atoms with van der Waals surface area (Å²) in [5, 5.41) is -0.566. The van der Waals surface area contributed by atoms with Gasteiger partial charge in [0, 0.05) is 24.2 Å². The maximum atomic E-state index is 15.6. The number of aromatic nitrogens is 1. The standard InChI is InChI=1S/C30H38FN3O5S/c1-18-13-20(38-8)17-32-27(18)23(35)15-19-9-10-22(31)21(14-19)30(7)25-11-12-33-40(25,37)29(5,6)24(34-30)16-26(36)39-28(2,3)4/h9-10,13-14,17,25H,11-12,15-16H2,1-8H3/t25-,30+,40+/m0/s1. The summed E-state index contributed by atoms with van der Waals surface area (Å²) in [6.07, 6.45) is 1.77. The van der Waals surface area contributed by atoms with Crippen LogP contribution in [0.4, 0.5) is 4.39 Å². The number of methoxy groups -OCH3 is 1. The van der Waals surface area contributed by atoms with Gasteiger partial charge in [-0.1, -0.05) is 6.07 Å². The van der Waals surface area contributed by atoms with Crippen molar-refractivity contribution in [2.45, 2.75) is 88.9 Å². The molecule has 2 aliphatic heterocycles. The molecule has 1 aromatic heterocycles. The number of halogens is 1. The van der Waals surface area contributed by atoms with Gasteiger partial charge < -0.3 is 9.47 Å². The van der Waals surface area contributed by atoms with Crippen LogP contribution < -0.4 is 4.74 Å². The number of ether oxygens (including phenoxy) is 2. The number of Topliss-reactive ketones (excluding diaryl/α,β-unsaturated/α-hetero) is 1. The van der Waals surface area contributed by atoms with Crippen molar-refractivity contribution in [3.63, 3.8) is 0 Å². The van der Waals surface area contributed by atoms with Crippen LogP contribution in [0.25, 0.3) is 0 Å². The third kappa shape index (κ3) is 5.30. The quantitative estimate of drug-likeness (QED) is 0.326. The first kappa shape index (κ1) is 29.8. The summed E-state index contributed by atoms with van der Waals surface area (Å²) in [5.41, 5.74) is 0.201. The van der Waals surface area contributed by atoms with Crippen molar-refractivity contribution in [3.8, 4) is 5.75 Å². The number of hydrogen-bond donors (Lipinski definition) is 0. The Morgan fingerprint density at radius 2 is 1.85 bits per heavy atom. The van der Waals surface area contributed by atoms with Crippen molar-refractivity contribution in [1.29, 1.82) is 0 Å². The van der Waals surface area contributed by atoms with Gasteiger partial charge in [-0.3, -0.25) is 14.6 Å². The Morgan fingerprint density at radius 3 is 2.48 bits per heavy atom. The number of rotatable bonds is 7. The number of carbonyl (C=O) groups excluding carboxylic acids is 2. The molecular weight excluding hydrogens is 533 g/mol. The van der Waals surface area contributed by atoms with Crippen LogP contribution >= 0.6 is 0 Å². The number of fused-ring (bicyclic) bond motifs is 1. The molecule has 0 amide bonds. The molecular formula is C30H38FN3O5S. The third-order valence-electron chi connectivity index (χ3n) is 7.71. The molecule has 216 valence electrons. The lowest BCUT2D eigenvalue weighted by molar-refractivity contribution is -0.153. The summed E-state index contributed by atoms with van der Waals surface area (Å²) in [7, 11) is -1.42. The number of aryl methyl sites for hydroxylation is 1. The largest absolute Gasteiger partial charge is 0.495 e. The van der Waals surface area contributed by atoms with Gasteiger partial charge in [0.1, 0.15) is 28.4 Å². The van der Waals surface area contributed by atoms with E-state index in [-0.39, 0.29) is 24.2 Å². The second-order valence-electron chi connectivity index (χ2n) is 12.1. The highest BCUT2D eigenvalue weighted by Gasteiger charge is 2.57.